The fraction of sp³-hybridized carbons (Fsp3) is 0.0952. The molecule has 0 bridgehead atoms. The molecule has 174 valence electrons. The second-order valence-electron chi connectivity index (χ2n) is 6.57. The molecule has 0 saturated carbocycles. The monoisotopic (exact) mass is 508 g/mol. The van der Waals surface area contributed by atoms with Crippen molar-refractivity contribution in [3.8, 4) is 11.5 Å². The SMILES string of the molecule is O=C(Nc1cc(C(F)(F)F)cc(C(F)(F)F)c1)Nc1cc(Cl)ccc1Oc1ccc(Cl)cc1. The molecule has 2 N–H and O–H groups in total. The van der Waals surface area contributed by atoms with Crippen molar-refractivity contribution in [1.29, 1.82) is 0 Å². The third-order valence-corrected chi connectivity index (χ3v) is 4.56. The lowest BCUT2D eigenvalue weighted by Crippen LogP contribution is -2.21. The molecule has 0 atom stereocenters. The number of urea groups is 1. The first-order valence-electron chi connectivity index (χ1n) is 8.92. The minimum Gasteiger partial charge on any atom is -0.455 e. The molecule has 0 aliphatic carbocycles. The van der Waals surface area contributed by atoms with E-state index < -0.39 is 35.2 Å². The maximum Gasteiger partial charge on any atom is 0.416 e. The Morgan fingerprint density at radius 1 is 0.727 bits per heavy atom. The van der Waals surface area contributed by atoms with E-state index in [1.54, 1.807) is 24.3 Å². The second kappa shape index (κ2) is 9.40. The van der Waals surface area contributed by atoms with Gasteiger partial charge in [-0.05, 0) is 60.7 Å². The number of nitrogens with one attached hydrogen (secondary N) is 2. The van der Waals surface area contributed by atoms with Crippen LogP contribution in [0.1, 0.15) is 11.1 Å². The summed E-state index contributed by atoms with van der Waals surface area (Å²) < 4.78 is 83.7. The van der Waals surface area contributed by atoms with E-state index in [4.69, 9.17) is 27.9 Å². The summed E-state index contributed by atoms with van der Waals surface area (Å²) in [6.45, 7) is 0. The first-order chi connectivity index (χ1) is 15.3. The number of hydrogen-bond donors (Lipinski definition) is 2. The van der Waals surface area contributed by atoms with Crippen molar-refractivity contribution in [2.45, 2.75) is 12.4 Å². The average Bonchev–Trinajstić information content (AvgIpc) is 2.70. The number of rotatable bonds is 4. The van der Waals surface area contributed by atoms with Crippen molar-refractivity contribution in [3.05, 3.63) is 81.8 Å². The topological polar surface area (TPSA) is 50.4 Å². The van der Waals surface area contributed by atoms with Gasteiger partial charge in [-0.1, -0.05) is 23.2 Å². The van der Waals surface area contributed by atoms with Crippen molar-refractivity contribution in [1.82, 2.24) is 0 Å². The molecule has 0 saturated heterocycles. The Bertz CT molecular complexity index is 1130. The third kappa shape index (κ3) is 6.69. The molecule has 3 aromatic carbocycles. The summed E-state index contributed by atoms with van der Waals surface area (Å²) in [5, 5.41) is 4.91. The Labute approximate surface area is 193 Å². The number of carbonyl (C=O) groups is 1. The van der Waals surface area contributed by atoms with Crippen LogP contribution in [0.5, 0.6) is 11.5 Å². The standard InChI is InChI=1S/C21H12Cl2F6N2O2/c22-13-1-4-16(5-2-13)33-18-6-3-14(23)10-17(18)31-19(32)30-15-8-11(20(24,25)26)7-12(9-15)21(27,28)29/h1-10H,(H2,30,31,32). The molecule has 4 nitrogen and oxygen atoms in total. The lowest BCUT2D eigenvalue weighted by molar-refractivity contribution is -0.143. The van der Waals surface area contributed by atoms with Gasteiger partial charge in [0.1, 0.15) is 5.75 Å². The normalized spacial score (nSPS) is 11.8. The number of alkyl halides is 6. The minimum atomic E-state index is -5.05. The summed E-state index contributed by atoms with van der Waals surface area (Å²) in [4.78, 5) is 12.4. The molecule has 0 aliphatic rings. The highest BCUT2D eigenvalue weighted by Gasteiger charge is 2.37. The van der Waals surface area contributed by atoms with E-state index in [9.17, 15) is 31.1 Å². The first kappa shape index (κ1) is 24.5. The highest BCUT2D eigenvalue weighted by molar-refractivity contribution is 6.31. The van der Waals surface area contributed by atoms with E-state index in [1.807, 2.05) is 5.32 Å². The van der Waals surface area contributed by atoms with Gasteiger partial charge in [-0.3, -0.25) is 0 Å². The van der Waals surface area contributed by atoms with Crippen molar-refractivity contribution in [2.75, 3.05) is 10.6 Å². The van der Waals surface area contributed by atoms with Gasteiger partial charge < -0.3 is 15.4 Å². The molecule has 0 aliphatic heterocycles. The van der Waals surface area contributed by atoms with Gasteiger partial charge in [0.15, 0.2) is 5.75 Å². The van der Waals surface area contributed by atoms with E-state index in [1.165, 1.54) is 18.2 Å². The van der Waals surface area contributed by atoms with Gasteiger partial charge in [0, 0.05) is 15.7 Å². The molecule has 0 fully saturated rings. The lowest BCUT2D eigenvalue weighted by atomic mass is 10.1. The molecular formula is C21H12Cl2F6N2O2. The van der Waals surface area contributed by atoms with Crippen molar-refractivity contribution in [3.63, 3.8) is 0 Å². The summed E-state index contributed by atoms with van der Waals surface area (Å²) >= 11 is 11.7. The predicted molar refractivity (Wildman–Crippen MR) is 112 cm³/mol. The Hall–Kier alpha value is -3.11. The van der Waals surface area contributed by atoms with Crippen LogP contribution in [0.3, 0.4) is 0 Å². The Morgan fingerprint density at radius 3 is 1.82 bits per heavy atom. The number of ether oxygens (including phenoxy) is 1. The van der Waals surface area contributed by atoms with Gasteiger partial charge in [-0.2, -0.15) is 26.3 Å². The van der Waals surface area contributed by atoms with Crippen LogP contribution in [-0.2, 0) is 12.4 Å². The van der Waals surface area contributed by atoms with Gasteiger partial charge in [-0.25, -0.2) is 4.79 Å². The van der Waals surface area contributed by atoms with Crippen LogP contribution in [0.25, 0.3) is 0 Å². The summed E-state index contributed by atoms with van der Waals surface area (Å²) in [5.41, 5.74) is -3.83. The van der Waals surface area contributed by atoms with Gasteiger partial charge in [0.2, 0.25) is 0 Å². The van der Waals surface area contributed by atoms with E-state index in [-0.39, 0.29) is 22.5 Å². The third-order valence-electron chi connectivity index (χ3n) is 4.08. The van der Waals surface area contributed by atoms with Crippen molar-refractivity contribution >= 4 is 40.6 Å². The van der Waals surface area contributed by atoms with Crippen LogP contribution in [0, 0.1) is 0 Å². The maximum absolute atomic E-state index is 13.0. The van der Waals surface area contributed by atoms with Crippen LogP contribution in [0.15, 0.2) is 60.7 Å². The number of carbonyl (C=O) groups excluding carboxylic acids is 1. The highest BCUT2D eigenvalue weighted by Crippen LogP contribution is 2.38. The molecule has 0 heterocycles. The molecule has 3 rings (SSSR count). The Morgan fingerprint density at radius 2 is 1.27 bits per heavy atom. The number of halogens is 8. The van der Waals surface area contributed by atoms with Gasteiger partial charge in [0.25, 0.3) is 0 Å². The number of amides is 2. The maximum atomic E-state index is 13.0. The van der Waals surface area contributed by atoms with Crippen LogP contribution < -0.4 is 15.4 Å². The van der Waals surface area contributed by atoms with Gasteiger partial charge in [-0.15, -0.1) is 0 Å². The number of anilines is 2. The molecule has 0 unspecified atom stereocenters. The van der Waals surface area contributed by atoms with E-state index in [0.29, 0.717) is 22.9 Å². The number of benzene rings is 3. The molecule has 0 radical (unpaired) electrons. The zero-order chi connectivity index (χ0) is 24.4. The van der Waals surface area contributed by atoms with Crippen LogP contribution in [0.2, 0.25) is 10.0 Å². The molecule has 0 spiro atoms. The first-order valence-corrected chi connectivity index (χ1v) is 9.67. The molecule has 3 aromatic rings. The quantitative estimate of drug-likeness (QED) is 0.347. The smallest absolute Gasteiger partial charge is 0.416 e. The Kier molecular flexibility index (Phi) is 6.99. The fourth-order valence-electron chi connectivity index (χ4n) is 2.63. The highest BCUT2D eigenvalue weighted by atomic mass is 35.5. The van der Waals surface area contributed by atoms with Crippen LogP contribution in [-0.4, -0.2) is 6.03 Å². The Balaban J connectivity index is 1.85. The largest absolute Gasteiger partial charge is 0.455 e. The summed E-state index contributed by atoms with van der Waals surface area (Å²) in [6, 6.07) is 9.97. The summed E-state index contributed by atoms with van der Waals surface area (Å²) in [7, 11) is 0. The molecule has 0 aromatic heterocycles. The average molecular weight is 509 g/mol. The van der Waals surface area contributed by atoms with Crippen molar-refractivity contribution in [2.24, 2.45) is 0 Å². The van der Waals surface area contributed by atoms with E-state index in [0.717, 1.165) is 0 Å². The molecule has 12 heteroatoms. The summed E-state index contributed by atoms with van der Waals surface area (Å²) in [6.07, 6.45) is -10.1. The van der Waals surface area contributed by atoms with Crippen molar-refractivity contribution < 1.29 is 35.9 Å². The lowest BCUT2D eigenvalue weighted by Gasteiger charge is -2.16. The zero-order valence-electron chi connectivity index (χ0n) is 16.1. The number of hydrogen-bond acceptors (Lipinski definition) is 2. The second-order valence-corrected chi connectivity index (χ2v) is 7.44. The summed E-state index contributed by atoms with van der Waals surface area (Å²) in [5.74, 6) is 0.453. The minimum absolute atomic E-state index is 0.0120. The van der Waals surface area contributed by atoms with Crippen LogP contribution in [0.4, 0.5) is 42.5 Å². The van der Waals surface area contributed by atoms with E-state index in [2.05, 4.69) is 5.32 Å². The fourth-order valence-corrected chi connectivity index (χ4v) is 2.93. The predicted octanol–water partition coefficient (Wildman–Crippen LogP) is 8.47. The van der Waals surface area contributed by atoms with E-state index >= 15 is 0 Å². The molecular weight excluding hydrogens is 497 g/mol. The van der Waals surface area contributed by atoms with Gasteiger partial charge >= 0.3 is 18.4 Å². The zero-order valence-corrected chi connectivity index (χ0v) is 17.6. The van der Waals surface area contributed by atoms with Gasteiger partial charge in [0.05, 0.1) is 16.8 Å². The van der Waals surface area contributed by atoms with Crippen LogP contribution >= 0.6 is 23.2 Å². The molecule has 2 amide bonds. The molecule has 33 heavy (non-hydrogen) atoms.